The third kappa shape index (κ3) is 2.40. The fourth-order valence-electron chi connectivity index (χ4n) is 2.11. The highest BCUT2D eigenvalue weighted by molar-refractivity contribution is 8.00. The van der Waals surface area contributed by atoms with Crippen molar-refractivity contribution in [3.8, 4) is 11.8 Å². The zero-order valence-corrected chi connectivity index (χ0v) is 11.7. The molecule has 0 amide bonds. The maximum absolute atomic E-state index is 10.5. The predicted molar refractivity (Wildman–Crippen MR) is 70.2 cm³/mol. The Morgan fingerprint density at radius 2 is 2.22 bits per heavy atom. The summed E-state index contributed by atoms with van der Waals surface area (Å²) in [5, 5.41) is 10.5. The molecule has 18 heavy (non-hydrogen) atoms. The second-order valence-electron chi connectivity index (χ2n) is 4.47. The Kier molecular flexibility index (Phi) is 3.97. The van der Waals surface area contributed by atoms with Gasteiger partial charge < -0.3 is 14.6 Å². The summed E-state index contributed by atoms with van der Waals surface area (Å²) in [6.07, 6.45) is 2.91. The molecule has 1 aliphatic rings. The highest BCUT2D eigenvalue weighted by Crippen LogP contribution is 2.47. The zero-order valence-electron chi connectivity index (χ0n) is 10.8. The van der Waals surface area contributed by atoms with Crippen LogP contribution in [-0.2, 0) is 0 Å². The topological polar surface area (TPSA) is 64.5 Å². The molecular weight excluding hydrogens is 252 g/mol. The van der Waals surface area contributed by atoms with E-state index < -0.39 is 6.10 Å². The first-order valence-corrected chi connectivity index (χ1v) is 6.86. The minimum absolute atomic E-state index is 0.212. The molecule has 2 atom stereocenters. The number of hydrogen-bond acceptors (Lipinski definition) is 6. The van der Waals surface area contributed by atoms with Gasteiger partial charge in [0.15, 0.2) is 0 Å². The molecule has 0 radical (unpaired) electrons. The summed E-state index contributed by atoms with van der Waals surface area (Å²) >= 11 is 1.77. The summed E-state index contributed by atoms with van der Waals surface area (Å²) in [5.41, 5.74) is 0.482. The third-order valence-electron chi connectivity index (χ3n) is 3.23. The second kappa shape index (κ2) is 5.32. The van der Waals surface area contributed by atoms with Crippen molar-refractivity contribution in [2.75, 3.05) is 20.0 Å². The first-order chi connectivity index (χ1) is 8.60. The van der Waals surface area contributed by atoms with Crippen LogP contribution in [0.3, 0.4) is 0 Å². The number of aliphatic hydroxyl groups is 1. The molecule has 2 rings (SSSR count). The third-order valence-corrected chi connectivity index (χ3v) is 4.81. The van der Waals surface area contributed by atoms with Gasteiger partial charge in [-0.05, 0) is 25.5 Å². The Bertz CT molecular complexity index is 422. The molecule has 1 aromatic rings. The Morgan fingerprint density at radius 1 is 1.44 bits per heavy atom. The lowest BCUT2D eigenvalue weighted by Crippen LogP contribution is -2.27. The van der Waals surface area contributed by atoms with E-state index in [4.69, 9.17) is 9.47 Å². The van der Waals surface area contributed by atoms with Gasteiger partial charge in [-0.15, -0.1) is 0 Å². The molecule has 1 aliphatic heterocycles. The molecule has 2 heterocycles. The van der Waals surface area contributed by atoms with E-state index in [2.05, 4.69) is 16.9 Å². The van der Waals surface area contributed by atoms with E-state index in [1.54, 1.807) is 11.8 Å². The van der Waals surface area contributed by atoms with E-state index in [0.717, 1.165) is 18.6 Å². The average molecular weight is 270 g/mol. The van der Waals surface area contributed by atoms with Gasteiger partial charge in [-0.25, -0.2) is 4.98 Å². The van der Waals surface area contributed by atoms with Crippen LogP contribution >= 0.6 is 11.8 Å². The van der Waals surface area contributed by atoms with Gasteiger partial charge in [0.1, 0.15) is 11.8 Å². The second-order valence-corrected chi connectivity index (χ2v) is 6.10. The van der Waals surface area contributed by atoms with Gasteiger partial charge in [0, 0.05) is 4.75 Å². The van der Waals surface area contributed by atoms with Crippen LogP contribution < -0.4 is 9.47 Å². The largest absolute Gasteiger partial charge is 0.480 e. The smallest absolute Gasteiger partial charge is 0.241 e. The fraction of sp³-hybridized carbons (Fsp3) is 0.667. The molecule has 0 aromatic carbocycles. The lowest BCUT2D eigenvalue weighted by molar-refractivity contribution is 0.125. The minimum Gasteiger partial charge on any atom is -0.480 e. The van der Waals surface area contributed by atoms with Crippen LogP contribution in [0, 0.1) is 0 Å². The van der Waals surface area contributed by atoms with Crippen molar-refractivity contribution in [2.45, 2.75) is 30.6 Å². The van der Waals surface area contributed by atoms with Crippen molar-refractivity contribution in [2.24, 2.45) is 0 Å². The molecule has 2 unspecified atom stereocenters. The van der Waals surface area contributed by atoms with Crippen molar-refractivity contribution in [3.05, 3.63) is 11.9 Å². The lowest BCUT2D eigenvalue weighted by atomic mass is 9.96. The molecule has 0 aliphatic carbocycles. The average Bonchev–Trinajstić information content (AvgIpc) is 2.85. The summed E-state index contributed by atoms with van der Waals surface area (Å²) < 4.78 is 9.98. The standard InChI is InChI=1S/C12H18N2O3S/c1-12(5-4-6-18-12)10(15)9-11(17-3)14-8(16-2)7-13-9/h7,10,15H,4-6H2,1-3H3. The molecule has 1 fully saturated rings. The van der Waals surface area contributed by atoms with E-state index in [-0.39, 0.29) is 4.75 Å². The molecule has 0 saturated carbocycles. The predicted octanol–water partition coefficient (Wildman–Crippen LogP) is 1.81. The van der Waals surface area contributed by atoms with Crippen molar-refractivity contribution in [1.29, 1.82) is 0 Å². The molecular formula is C12H18N2O3S. The Hall–Kier alpha value is -1.01. The highest BCUT2D eigenvalue weighted by Gasteiger charge is 2.40. The molecule has 6 heteroatoms. The van der Waals surface area contributed by atoms with Crippen LogP contribution in [-0.4, -0.2) is 39.8 Å². The van der Waals surface area contributed by atoms with Crippen LogP contribution in [0.4, 0.5) is 0 Å². The normalized spacial score (nSPS) is 24.9. The zero-order chi connectivity index (χ0) is 13.2. The Morgan fingerprint density at radius 3 is 2.78 bits per heavy atom. The quantitative estimate of drug-likeness (QED) is 0.900. The van der Waals surface area contributed by atoms with E-state index in [1.807, 2.05) is 0 Å². The van der Waals surface area contributed by atoms with E-state index in [9.17, 15) is 5.11 Å². The summed E-state index contributed by atoms with van der Waals surface area (Å²) in [7, 11) is 3.04. The summed E-state index contributed by atoms with van der Waals surface area (Å²) in [5.74, 6) is 1.78. The van der Waals surface area contributed by atoms with Gasteiger partial charge in [0.05, 0.1) is 20.4 Å². The number of thioether (sulfide) groups is 1. The van der Waals surface area contributed by atoms with E-state index in [1.165, 1.54) is 20.4 Å². The number of aliphatic hydroxyl groups excluding tert-OH is 1. The van der Waals surface area contributed by atoms with Gasteiger partial charge in [-0.1, -0.05) is 0 Å². The number of rotatable bonds is 4. The molecule has 0 bridgehead atoms. The van der Waals surface area contributed by atoms with Crippen molar-refractivity contribution in [1.82, 2.24) is 9.97 Å². The highest BCUT2D eigenvalue weighted by atomic mass is 32.2. The van der Waals surface area contributed by atoms with Crippen LogP contribution in [0.15, 0.2) is 6.20 Å². The molecule has 0 spiro atoms. The van der Waals surface area contributed by atoms with Crippen LogP contribution in [0.5, 0.6) is 11.8 Å². The molecule has 100 valence electrons. The molecule has 5 nitrogen and oxygen atoms in total. The molecule has 1 aromatic heterocycles. The van der Waals surface area contributed by atoms with E-state index in [0.29, 0.717) is 17.5 Å². The summed E-state index contributed by atoms with van der Waals surface area (Å²) in [4.78, 5) is 8.39. The maximum atomic E-state index is 10.5. The van der Waals surface area contributed by atoms with Crippen molar-refractivity contribution < 1.29 is 14.6 Å². The van der Waals surface area contributed by atoms with E-state index >= 15 is 0 Å². The first-order valence-electron chi connectivity index (χ1n) is 5.87. The monoisotopic (exact) mass is 270 g/mol. The Balaban J connectivity index is 2.32. The fourth-order valence-corrected chi connectivity index (χ4v) is 3.42. The SMILES string of the molecule is COc1cnc(C(O)C2(C)CCCS2)c(OC)n1. The van der Waals surface area contributed by atoms with Crippen LogP contribution in [0.2, 0.25) is 0 Å². The Labute approximate surface area is 111 Å². The van der Waals surface area contributed by atoms with Gasteiger partial charge in [0.25, 0.3) is 0 Å². The minimum atomic E-state index is -0.682. The van der Waals surface area contributed by atoms with Gasteiger partial charge in [-0.2, -0.15) is 16.7 Å². The lowest BCUT2D eigenvalue weighted by Gasteiger charge is -2.29. The summed E-state index contributed by atoms with van der Waals surface area (Å²) in [6, 6.07) is 0. The van der Waals surface area contributed by atoms with Crippen molar-refractivity contribution >= 4 is 11.8 Å². The molecule has 1 N–H and O–H groups in total. The number of methoxy groups -OCH3 is 2. The number of ether oxygens (including phenoxy) is 2. The summed E-state index contributed by atoms with van der Waals surface area (Å²) in [6.45, 7) is 2.06. The van der Waals surface area contributed by atoms with Crippen molar-refractivity contribution in [3.63, 3.8) is 0 Å². The molecule has 1 saturated heterocycles. The van der Waals surface area contributed by atoms with Crippen LogP contribution in [0.1, 0.15) is 31.6 Å². The van der Waals surface area contributed by atoms with Gasteiger partial charge in [0.2, 0.25) is 11.8 Å². The number of nitrogens with zero attached hydrogens (tertiary/aromatic N) is 2. The van der Waals surface area contributed by atoms with Gasteiger partial charge in [-0.3, -0.25) is 0 Å². The van der Waals surface area contributed by atoms with Gasteiger partial charge >= 0.3 is 0 Å². The number of aromatic nitrogens is 2. The van der Waals surface area contributed by atoms with Crippen LogP contribution in [0.25, 0.3) is 0 Å². The number of hydrogen-bond donors (Lipinski definition) is 1. The first kappa shape index (κ1) is 13.4. The maximum Gasteiger partial charge on any atom is 0.241 e.